The standard InChI is InChI=1S/C14H12F2N2OS/c15-11-2-1-3-12(16)14(11)10(6-17)9(4-5-19)13-7-18-8-20-13/h1-3,7-10,19H,4-5H2/t9-,10-/m0/s1. The minimum absolute atomic E-state index is 0.170. The molecular weight excluding hydrogens is 282 g/mol. The SMILES string of the molecule is N#C[C@H](c1c(F)cccc1F)[C@H](CCO)c1cncs1. The van der Waals surface area contributed by atoms with E-state index in [2.05, 4.69) is 4.98 Å². The van der Waals surface area contributed by atoms with Crippen molar-refractivity contribution >= 4 is 11.3 Å². The van der Waals surface area contributed by atoms with Gasteiger partial charge in [0.15, 0.2) is 0 Å². The molecule has 0 bridgehead atoms. The molecule has 0 saturated carbocycles. The topological polar surface area (TPSA) is 56.9 Å². The number of aromatic nitrogens is 1. The number of thiazole rings is 1. The zero-order valence-corrected chi connectivity index (χ0v) is 11.3. The van der Waals surface area contributed by atoms with Gasteiger partial charge in [-0.25, -0.2) is 8.78 Å². The number of benzene rings is 1. The van der Waals surface area contributed by atoms with Crippen LogP contribution in [0.4, 0.5) is 8.78 Å². The minimum atomic E-state index is -0.996. The van der Waals surface area contributed by atoms with E-state index in [-0.39, 0.29) is 18.6 Å². The maximum Gasteiger partial charge on any atom is 0.130 e. The van der Waals surface area contributed by atoms with Crippen LogP contribution in [-0.4, -0.2) is 16.7 Å². The van der Waals surface area contributed by atoms with E-state index in [1.807, 2.05) is 6.07 Å². The normalized spacial score (nSPS) is 13.7. The average Bonchev–Trinajstić information content (AvgIpc) is 2.95. The first kappa shape index (κ1) is 14.6. The molecule has 1 N–H and O–H groups in total. The third kappa shape index (κ3) is 2.84. The van der Waals surface area contributed by atoms with E-state index < -0.39 is 23.5 Å². The fraction of sp³-hybridized carbons (Fsp3) is 0.286. The minimum Gasteiger partial charge on any atom is -0.396 e. The molecule has 0 unspecified atom stereocenters. The summed E-state index contributed by atoms with van der Waals surface area (Å²) >= 11 is 1.30. The maximum absolute atomic E-state index is 13.9. The van der Waals surface area contributed by atoms with E-state index >= 15 is 0 Å². The molecule has 0 spiro atoms. The third-order valence-corrected chi connectivity index (χ3v) is 4.02. The fourth-order valence-corrected chi connectivity index (χ4v) is 2.98. The highest BCUT2D eigenvalue weighted by Gasteiger charge is 2.30. The van der Waals surface area contributed by atoms with Crippen molar-refractivity contribution in [1.29, 1.82) is 5.26 Å². The second kappa shape index (κ2) is 6.55. The van der Waals surface area contributed by atoms with Crippen LogP contribution >= 0.6 is 11.3 Å². The van der Waals surface area contributed by atoms with E-state index in [0.717, 1.165) is 17.0 Å². The van der Waals surface area contributed by atoms with Crippen molar-refractivity contribution in [3.05, 3.63) is 52.0 Å². The smallest absolute Gasteiger partial charge is 0.130 e. The largest absolute Gasteiger partial charge is 0.396 e. The Morgan fingerprint density at radius 2 is 2.05 bits per heavy atom. The van der Waals surface area contributed by atoms with Crippen LogP contribution in [0.1, 0.15) is 28.7 Å². The first-order valence-corrected chi connectivity index (χ1v) is 6.89. The van der Waals surface area contributed by atoms with Gasteiger partial charge in [0.2, 0.25) is 0 Å². The Balaban J connectivity index is 2.47. The predicted octanol–water partition coefficient (Wildman–Crippen LogP) is 3.19. The molecule has 6 heteroatoms. The van der Waals surface area contributed by atoms with Crippen LogP contribution in [0, 0.1) is 23.0 Å². The first-order chi connectivity index (χ1) is 9.69. The average molecular weight is 294 g/mol. The molecule has 0 fully saturated rings. The van der Waals surface area contributed by atoms with Crippen molar-refractivity contribution in [2.24, 2.45) is 0 Å². The number of hydrogen-bond acceptors (Lipinski definition) is 4. The molecule has 0 saturated heterocycles. The number of nitriles is 1. The van der Waals surface area contributed by atoms with Crippen molar-refractivity contribution in [3.63, 3.8) is 0 Å². The van der Waals surface area contributed by atoms with Crippen LogP contribution in [0.2, 0.25) is 0 Å². The summed E-state index contributed by atoms with van der Waals surface area (Å²) in [7, 11) is 0. The van der Waals surface area contributed by atoms with Crippen LogP contribution < -0.4 is 0 Å². The van der Waals surface area contributed by atoms with E-state index in [9.17, 15) is 14.0 Å². The van der Waals surface area contributed by atoms with Crippen LogP contribution in [-0.2, 0) is 0 Å². The lowest BCUT2D eigenvalue weighted by atomic mass is 9.83. The number of aliphatic hydroxyl groups excluding tert-OH is 1. The molecule has 0 radical (unpaired) electrons. The second-order valence-electron chi connectivity index (χ2n) is 4.26. The van der Waals surface area contributed by atoms with Gasteiger partial charge in [0, 0.05) is 29.2 Å². The van der Waals surface area contributed by atoms with Crippen LogP contribution in [0.25, 0.3) is 0 Å². The summed E-state index contributed by atoms with van der Waals surface area (Å²) in [6, 6.07) is 5.48. The van der Waals surface area contributed by atoms with Gasteiger partial charge in [0.25, 0.3) is 0 Å². The van der Waals surface area contributed by atoms with Gasteiger partial charge < -0.3 is 5.11 Å². The molecule has 2 aromatic rings. The molecule has 0 amide bonds. The molecule has 2 rings (SSSR count). The zero-order valence-electron chi connectivity index (χ0n) is 10.5. The van der Waals surface area contributed by atoms with Crippen LogP contribution in [0.3, 0.4) is 0 Å². The summed E-state index contributed by atoms with van der Waals surface area (Å²) in [6.45, 7) is -0.170. The molecular formula is C14H12F2N2OS. The number of nitrogens with zero attached hydrogens (tertiary/aromatic N) is 2. The molecule has 20 heavy (non-hydrogen) atoms. The van der Waals surface area contributed by atoms with Gasteiger partial charge in [-0.05, 0) is 18.6 Å². The Bertz CT molecular complexity index is 590. The Morgan fingerprint density at radius 3 is 2.55 bits per heavy atom. The van der Waals surface area contributed by atoms with E-state index in [0.29, 0.717) is 0 Å². The predicted molar refractivity (Wildman–Crippen MR) is 71.3 cm³/mol. The van der Waals surface area contributed by atoms with Crippen molar-refractivity contribution < 1.29 is 13.9 Å². The molecule has 1 aromatic carbocycles. The lowest BCUT2D eigenvalue weighted by Crippen LogP contribution is -2.14. The van der Waals surface area contributed by atoms with Crippen molar-refractivity contribution in [1.82, 2.24) is 4.98 Å². The molecule has 104 valence electrons. The molecule has 1 heterocycles. The van der Waals surface area contributed by atoms with Crippen molar-refractivity contribution in [3.8, 4) is 6.07 Å². The zero-order chi connectivity index (χ0) is 14.5. The van der Waals surface area contributed by atoms with E-state index in [1.54, 1.807) is 11.7 Å². The third-order valence-electron chi connectivity index (χ3n) is 3.11. The summed E-state index contributed by atoms with van der Waals surface area (Å²) < 4.78 is 27.7. The summed E-state index contributed by atoms with van der Waals surface area (Å²) in [5.41, 5.74) is 1.34. The Hall–Kier alpha value is -1.84. The lowest BCUT2D eigenvalue weighted by Gasteiger charge is -2.21. The second-order valence-corrected chi connectivity index (χ2v) is 5.18. The number of aliphatic hydroxyl groups is 1. The number of halogens is 2. The highest BCUT2D eigenvalue weighted by Crippen LogP contribution is 2.38. The summed E-state index contributed by atoms with van der Waals surface area (Å²) in [5.74, 6) is -2.97. The molecule has 3 nitrogen and oxygen atoms in total. The monoisotopic (exact) mass is 294 g/mol. The van der Waals surface area contributed by atoms with Crippen LogP contribution in [0.5, 0.6) is 0 Å². The molecule has 0 aliphatic rings. The number of rotatable bonds is 5. The van der Waals surface area contributed by atoms with Crippen molar-refractivity contribution in [2.75, 3.05) is 6.61 Å². The maximum atomic E-state index is 13.9. The molecule has 2 atom stereocenters. The molecule has 0 aliphatic carbocycles. The van der Waals surface area contributed by atoms with E-state index in [1.165, 1.54) is 17.4 Å². The van der Waals surface area contributed by atoms with Crippen LogP contribution in [0.15, 0.2) is 29.9 Å². The Kier molecular flexibility index (Phi) is 4.77. The van der Waals surface area contributed by atoms with Gasteiger partial charge in [-0.1, -0.05) is 6.07 Å². The van der Waals surface area contributed by atoms with Gasteiger partial charge >= 0.3 is 0 Å². The summed E-state index contributed by atoms with van der Waals surface area (Å²) in [5, 5.41) is 18.5. The van der Waals surface area contributed by atoms with Gasteiger partial charge in [-0.3, -0.25) is 4.98 Å². The highest BCUT2D eigenvalue weighted by atomic mass is 32.1. The van der Waals surface area contributed by atoms with Crippen molar-refractivity contribution in [2.45, 2.75) is 18.3 Å². The number of hydrogen-bond donors (Lipinski definition) is 1. The van der Waals surface area contributed by atoms with E-state index in [4.69, 9.17) is 5.11 Å². The van der Waals surface area contributed by atoms with Gasteiger partial charge in [0.1, 0.15) is 11.6 Å². The Morgan fingerprint density at radius 1 is 1.35 bits per heavy atom. The van der Waals surface area contributed by atoms with Gasteiger partial charge in [-0.2, -0.15) is 5.26 Å². The molecule has 1 aromatic heterocycles. The summed E-state index contributed by atoms with van der Waals surface area (Å²) in [6.07, 6.45) is 1.81. The lowest BCUT2D eigenvalue weighted by molar-refractivity contribution is 0.271. The van der Waals surface area contributed by atoms with Gasteiger partial charge in [0.05, 0.1) is 17.5 Å². The molecule has 0 aliphatic heterocycles. The summed E-state index contributed by atoms with van der Waals surface area (Å²) in [4.78, 5) is 4.65. The highest BCUT2D eigenvalue weighted by molar-refractivity contribution is 7.09. The fourth-order valence-electron chi connectivity index (χ4n) is 2.18. The Labute approximate surface area is 119 Å². The first-order valence-electron chi connectivity index (χ1n) is 6.01. The quantitative estimate of drug-likeness (QED) is 0.921. The van der Waals surface area contributed by atoms with Gasteiger partial charge in [-0.15, -0.1) is 11.3 Å².